The van der Waals surface area contributed by atoms with E-state index in [1.807, 2.05) is 36.1 Å². The van der Waals surface area contributed by atoms with Crippen molar-refractivity contribution in [3.8, 4) is 5.75 Å². The largest absolute Gasteiger partial charge is 0.494 e. The van der Waals surface area contributed by atoms with Crippen molar-refractivity contribution in [3.63, 3.8) is 0 Å². The molecular weight excluding hydrogens is 344 g/mol. The van der Waals surface area contributed by atoms with Crippen molar-refractivity contribution in [1.29, 1.82) is 0 Å². The van der Waals surface area contributed by atoms with Gasteiger partial charge in [-0.25, -0.2) is 0 Å². The highest BCUT2D eigenvalue weighted by atomic mass is 16.5. The third-order valence-electron chi connectivity index (χ3n) is 4.52. The van der Waals surface area contributed by atoms with Crippen molar-refractivity contribution in [3.05, 3.63) is 54.0 Å². The molecule has 0 atom stereocenters. The lowest BCUT2D eigenvalue weighted by atomic mass is 10.2. The Bertz CT molecular complexity index is 765. The molecule has 144 valence electrons. The third kappa shape index (κ3) is 4.61. The summed E-state index contributed by atoms with van der Waals surface area (Å²) in [6.45, 7) is 5.96. The van der Waals surface area contributed by atoms with Crippen LogP contribution in [0.5, 0.6) is 5.75 Å². The van der Waals surface area contributed by atoms with Crippen LogP contribution >= 0.6 is 0 Å². The second-order valence-electron chi connectivity index (χ2n) is 6.20. The van der Waals surface area contributed by atoms with Gasteiger partial charge in [0.05, 0.1) is 12.9 Å². The SMILES string of the molecule is CCOc1ccccc1CNC(=NC)N1CCN(C(=O)c2ccco2)CC1. The molecular formula is C20H26N4O3. The molecule has 0 spiro atoms. The van der Waals surface area contributed by atoms with Gasteiger partial charge in [-0.2, -0.15) is 0 Å². The molecule has 0 radical (unpaired) electrons. The lowest BCUT2D eigenvalue weighted by Crippen LogP contribution is -2.53. The zero-order chi connectivity index (χ0) is 19.1. The van der Waals surface area contributed by atoms with Crippen LogP contribution < -0.4 is 10.1 Å². The van der Waals surface area contributed by atoms with Gasteiger partial charge in [0.25, 0.3) is 5.91 Å². The first-order valence-electron chi connectivity index (χ1n) is 9.22. The normalized spacial score (nSPS) is 15.0. The highest BCUT2D eigenvalue weighted by Gasteiger charge is 2.25. The number of amides is 1. The standard InChI is InChI=1S/C20H26N4O3/c1-3-26-17-8-5-4-7-16(17)15-22-20(21-2)24-12-10-23(11-13-24)19(25)18-9-6-14-27-18/h4-9,14H,3,10-13,15H2,1-2H3,(H,21,22). The van der Waals surface area contributed by atoms with Crippen LogP contribution in [0.3, 0.4) is 0 Å². The fourth-order valence-corrected chi connectivity index (χ4v) is 3.13. The first kappa shape index (κ1) is 18.8. The molecule has 1 aliphatic rings. The smallest absolute Gasteiger partial charge is 0.289 e. The van der Waals surface area contributed by atoms with Crippen LogP contribution in [-0.4, -0.2) is 61.5 Å². The van der Waals surface area contributed by atoms with Gasteiger partial charge in [-0.15, -0.1) is 0 Å². The van der Waals surface area contributed by atoms with Gasteiger partial charge in [-0.1, -0.05) is 18.2 Å². The van der Waals surface area contributed by atoms with Gasteiger partial charge >= 0.3 is 0 Å². The van der Waals surface area contributed by atoms with Gasteiger partial charge in [0, 0.05) is 45.3 Å². The highest BCUT2D eigenvalue weighted by Crippen LogP contribution is 2.17. The first-order valence-corrected chi connectivity index (χ1v) is 9.22. The molecule has 7 heteroatoms. The van der Waals surface area contributed by atoms with Crippen LogP contribution in [-0.2, 0) is 6.54 Å². The Labute approximate surface area is 159 Å². The number of benzene rings is 1. The maximum absolute atomic E-state index is 12.4. The average molecular weight is 370 g/mol. The molecule has 2 heterocycles. The fraction of sp³-hybridized carbons (Fsp3) is 0.400. The summed E-state index contributed by atoms with van der Waals surface area (Å²) >= 11 is 0. The Morgan fingerprint density at radius 1 is 1.15 bits per heavy atom. The van der Waals surface area contributed by atoms with Gasteiger partial charge in [-0.05, 0) is 25.1 Å². The number of carbonyl (C=O) groups is 1. The maximum atomic E-state index is 12.4. The number of piperazine rings is 1. The number of carbonyl (C=O) groups excluding carboxylic acids is 1. The summed E-state index contributed by atoms with van der Waals surface area (Å²) in [7, 11) is 1.77. The minimum Gasteiger partial charge on any atom is -0.494 e. The number of guanidine groups is 1. The summed E-state index contributed by atoms with van der Waals surface area (Å²) < 4.78 is 10.9. The fourth-order valence-electron chi connectivity index (χ4n) is 3.13. The Balaban J connectivity index is 1.54. The second kappa shape index (κ2) is 9.12. The molecule has 1 aliphatic heterocycles. The Hall–Kier alpha value is -2.96. The number of aliphatic imine (C=N–C) groups is 1. The molecule has 0 bridgehead atoms. The Morgan fingerprint density at radius 2 is 1.89 bits per heavy atom. The maximum Gasteiger partial charge on any atom is 0.289 e. The summed E-state index contributed by atoms with van der Waals surface area (Å²) in [6, 6.07) is 11.4. The molecule has 1 aromatic heterocycles. The third-order valence-corrected chi connectivity index (χ3v) is 4.52. The topological polar surface area (TPSA) is 70.3 Å². The van der Waals surface area contributed by atoms with Crippen LogP contribution in [0, 0.1) is 0 Å². The van der Waals surface area contributed by atoms with Crippen LogP contribution in [0.4, 0.5) is 0 Å². The Morgan fingerprint density at radius 3 is 2.56 bits per heavy atom. The average Bonchev–Trinajstić information content (AvgIpc) is 3.24. The van der Waals surface area contributed by atoms with Crippen LogP contribution in [0.25, 0.3) is 0 Å². The summed E-state index contributed by atoms with van der Waals surface area (Å²) in [5.41, 5.74) is 1.09. The van der Waals surface area contributed by atoms with Gasteiger partial charge in [0.2, 0.25) is 0 Å². The van der Waals surface area contributed by atoms with Crippen molar-refractivity contribution < 1.29 is 13.9 Å². The van der Waals surface area contributed by atoms with E-state index in [2.05, 4.69) is 15.2 Å². The van der Waals surface area contributed by atoms with Crippen molar-refractivity contribution in [2.24, 2.45) is 4.99 Å². The molecule has 1 fully saturated rings. The number of ether oxygens (including phenoxy) is 1. The zero-order valence-corrected chi connectivity index (χ0v) is 15.9. The van der Waals surface area contributed by atoms with E-state index in [0.29, 0.717) is 32.0 Å². The highest BCUT2D eigenvalue weighted by molar-refractivity contribution is 5.91. The van der Waals surface area contributed by atoms with Crippen LogP contribution in [0.2, 0.25) is 0 Å². The van der Waals surface area contributed by atoms with Crippen molar-refractivity contribution in [1.82, 2.24) is 15.1 Å². The van der Waals surface area contributed by atoms with E-state index in [4.69, 9.17) is 9.15 Å². The molecule has 1 saturated heterocycles. The summed E-state index contributed by atoms with van der Waals surface area (Å²) in [4.78, 5) is 20.7. The quantitative estimate of drug-likeness (QED) is 0.645. The summed E-state index contributed by atoms with van der Waals surface area (Å²) in [6.07, 6.45) is 1.52. The number of furan rings is 1. The molecule has 0 aliphatic carbocycles. The molecule has 3 rings (SSSR count). The van der Waals surface area contributed by atoms with Gasteiger partial charge < -0.3 is 24.3 Å². The van der Waals surface area contributed by atoms with E-state index in [0.717, 1.165) is 30.4 Å². The molecule has 1 N–H and O–H groups in total. The summed E-state index contributed by atoms with van der Waals surface area (Å²) in [5, 5.41) is 3.40. The summed E-state index contributed by atoms with van der Waals surface area (Å²) in [5.74, 6) is 2.04. The monoisotopic (exact) mass is 370 g/mol. The molecule has 2 aromatic rings. The lowest BCUT2D eigenvalue weighted by Gasteiger charge is -2.36. The van der Waals surface area contributed by atoms with E-state index in [1.54, 1.807) is 19.2 Å². The van der Waals surface area contributed by atoms with E-state index in [-0.39, 0.29) is 5.91 Å². The van der Waals surface area contributed by atoms with E-state index < -0.39 is 0 Å². The van der Waals surface area contributed by atoms with Gasteiger partial charge in [0.1, 0.15) is 5.75 Å². The molecule has 0 unspecified atom stereocenters. The molecule has 1 amide bonds. The molecule has 27 heavy (non-hydrogen) atoms. The molecule has 0 saturated carbocycles. The van der Waals surface area contributed by atoms with Gasteiger partial charge in [-0.3, -0.25) is 9.79 Å². The number of hydrogen-bond acceptors (Lipinski definition) is 4. The van der Waals surface area contributed by atoms with E-state index in [1.165, 1.54) is 6.26 Å². The number of para-hydroxylation sites is 1. The van der Waals surface area contributed by atoms with E-state index >= 15 is 0 Å². The Kier molecular flexibility index (Phi) is 6.35. The number of nitrogens with one attached hydrogen (secondary N) is 1. The zero-order valence-electron chi connectivity index (χ0n) is 15.9. The van der Waals surface area contributed by atoms with Crippen molar-refractivity contribution >= 4 is 11.9 Å². The van der Waals surface area contributed by atoms with Crippen molar-refractivity contribution in [2.45, 2.75) is 13.5 Å². The first-order chi connectivity index (χ1) is 13.2. The lowest BCUT2D eigenvalue weighted by molar-refractivity contribution is 0.0657. The molecule has 1 aromatic carbocycles. The molecule has 7 nitrogen and oxygen atoms in total. The predicted octanol–water partition coefficient (Wildman–Crippen LogP) is 2.21. The van der Waals surface area contributed by atoms with Crippen LogP contribution in [0.1, 0.15) is 23.0 Å². The number of nitrogens with zero attached hydrogens (tertiary/aromatic N) is 3. The number of rotatable bonds is 5. The minimum atomic E-state index is -0.0618. The predicted molar refractivity (Wildman–Crippen MR) is 104 cm³/mol. The number of hydrogen-bond donors (Lipinski definition) is 1. The van der Waals surface area contributed by atoms with E-state index in [9.17, 15) is 4.79 Å². The second-order valence-corrected chi connectivity index (χ2v) is 6.20. The van der Waals surface area contributed by atoms with Crippen molar-refractivity contribution in [2.75, 3.05) is 39.8 Å². The van der Waals surface area contributed by atoms with Crippen LogP contribution in [0.15, 0.2) is 52.1 Å². The van der Waals surface area contributed by atoms with Gasteiger partial charge in [0.15, 0.2) is 11.7 Å². The minimum absolute atomic E-state index is 0.0618.